The van der Waals surface area contributed by atoms with Crippen molar-refractivity contribution in [2.45, 2.75) is 43.6 Å². The number of benzene rings is 1. The van der Waals surface area contributed by atoms with Gasteiger partial charge < -0.3 is 13.7 Å². The van der Waals surface area contributed by atoms with E-state index in [1.165, 1.54) is 18.8 Å². The second-order valence-corrected chi connectivity index (χ2v) is 6.79. The molecular weight excluding hydrogens is 311 g/mol. The maximum Gasteiger partial charge on any atom is 0.258 e. The molecule has 1 aliphatic heterocycles. The Morgan fingerprint density at radius 1 is 1.21 bits per heavy atom. The summed E-state index contributed by atoms with van der Waals surface area (Å²) in [6, 6.07) is 4.74. The number of aromatic nitrogens is 2. The first kappa shape index (κ1) is 14.2. The first-order valence-corrected chi connectivity index (χ1v) is 8.38. The van der Waals surface area contributed by atoms with Crippen molar-refractivity contribution in [2.24, 2.45) is 0 Å². The molecular formula is C18H17FN2O3. The van der Waals surface area contributed by atoms with Gasteiger partial charge in [0.15, 0.2) is 17.2 Å². The van der Waals surface area contributed by atoms with Gasteiger partial charge in [0.1, 0.15) is 0 Å². The molecule has 1 spiro atoms. The van der Waals surface area contributed by atoms with Gasteiger partial charge in [-0.05, 0) is 50.3 Å². The predicted molar refractivity (Wildman–Crippen MR) is 84.0 cm³/mol. The number of ether oxygens (including phenoxy) is 1. The first-order chi connectivity index (χ1) is 11.7. The van der Waals surface area contributed by atoms with Gasteiger partial charge in [-0.25, -0.2) is 4.39 Å². The Kier molecular flexibility index (Phi) is 3.03. The number of fused-ring (bicyclic) bond motifs is 1. The molecule has 1 atom stereocenters. The highest BCUT2D eigenvalue weighted by atomic mass is 19.1. The molecule has 3 heterocycles. The van der Waals surface area contributed by atoms with Crippen molar-refractivity contribution >= 4 is 11.0 Å². The van der Waals surface area contributed by atoms with Crippen molar-refractivity contribution in [1.29, 1.82) is 0 Å². The molecule has 0 bridgehead atoms. The minimum absolute atomic E-state index is 0.0391. The maximum atomic E-state index is 13.8. The fourth-order valence-corrected chi connectivity index (χ4v) is 3.89. The van der Waals surface area contributed by atoms with Gasteiger partial charge >= 0.3 is 0 Å². The summed E-state index contributed by atoms with van der Waals surface area (Å²) in [4.78, 5) is 4.59. The minimum Gasteiger partial charge on any atom is -0.461 e. The van der Waals surface area contributed by atoms with Gasteiger partial charge in [0.25, 0.3) is 5.89 Å². The molecule has 1 aliphatic carbocycles. The molecule has 5 nitrogen and oxygen atoms in total. The van der Waals surface area contributed by atoms with E-state index in [2.05, 4.69) is 10.1 Å². The van der Waals surface area contributed by atoms with E-state index in [-0.39, 0.29) is 17.1 Å². The Hall–Kier alpha value is -2.21. The number of hydrogen-bond donors (Lipinski definition) is 0. The normalized spacial score (nSPS) is 22.8. The van der Waals surface area contributed by atoms with E-state index in [0.29, 0.717) is 16.8 Å². The minimum atomic E-state index is -0.394. The summed E-state index contributed by atoms with van der Waals surface area (Å²) < 4.78 is 30.4. The molecule has 1 saturated carbocycles. The largest absolute Gasteiger partial charge is 0.461 e. The van der Waals surface area contributed by atoms with Crippen LogP contribution in [-0.2, 0) is 4.74 Å². The van der Waals surface area contributed by atoms with E-state index in [1.807, 2.05) is 0 Å². The summed E-state index contributed by atoms with van der Waals surface area (Å²) in [5, 5.41) is 4.83. The lowest BCUT2D eigenvalue weighted by atomic mass is 9.72. The third-order valence-corrected chi connectivity index (χ3v) is 5.36. The Balaban J connectivity index is 1.48. The third-order valence-electron chi connectivity index (χ3n) is 5.36. The molecule has 124 valence electrons. The summed E-state index contributed by atoms with van der Waals surface area (Å²) in [6.07, 6.45) is 6.82. The van der Waals surface area contributed by atoms with Crippen LogP contribution in [0.2, 0.25) is 0 Å². The quantitative estimate of drug-likeness (QED) is 0.696. The van der Waals surface area contributed by atoms with Gasteiger partial charge in [0.05, 0.1) is 17.4 Å². The highest BCUT2D eigenvalue weighted by molar-refractivity contribution is 5.91. The number of halogens is 1. The van der Waals surface area contributed by atoms with Crippen LogP contribution < -0.4 is 0 Å². The van der Waals surface area contributed by atoms with Crippen LogP contribution in [0, 0.1) is 5.82 Å². The average molecular weight is 328 g/mol. The highest BCUT2D eigenvalue weighted by Crippen LogP contribution is 2.46. The van der Waals surface area contributed by atoms with Gasteiger partial charge in [0, 0.05) is 17.9 Å². The zero-order valence-electron chi connectivity index (χ0n) is 13.1. The fraction of sp³-hybridized carbons (Fsp3) is 0.444. The fourth-order valence-electron chi connectivity index (χ4n) is 3.89. The predicted octanol–water partition coefficient (Wildman–Crippen LogP) is 4.44. The van der Waals surface area contributed by atoms with E-state index in [1.54, 1.807) is 12.1 Å². The number of rotatable bonds is 2. The number of furan rings is 1. The standard InChI is InChI=1S/C18H17FN2O3/c19-14-3-2-13(12-5-8-22-15(12)14)17-20-16(21-24-17)11-4-9-23-18(10-11)6-1-7-18/h2-3,5,8,11H,1,4,6-7,9-10H2/t11-/m0/s1. The molecule has 2 fully saturated rings. The molecule has 3 aromatic rings. The Morgan fingerprint density at radius 2 is 2.12 bits per heavy atom. The molecule has 2 aliphatic rings. The van der Waals surface area contributed by atoms with Gasteiger partial charge in [-0.2, -0.15) is 4.98 Å². The molecule has 1 saturated heterocycles. The lowest BCUT2D eigenvalue weighted by Crippen LogP contribution is -2.45. The number of hydrogen-bond acceptors (Lipinski definition) is 5. The summed E-state index contributed by atoms with van der Waals surface area (Å²) in [5.41, 5.74) is 0.952. The van der Waals surface area contributed by atoms with Crippen molar-refractivity contribution < 1.29 is 18.1 Å². The van der Waals surface area contributed by atoms with Gasteiger partial charge in [-0.3, -0.25) is 0 Å². The molecule has 6 heteroatoms. The van der Waals surface area contributed by atoms with E-state index in [4.69, 9.17) is 13.7 Å². The molecule has 0 radical (unpaired) electrons. The van der Waals surface area contributed by atoms with Crippen molar-refractivity contribution in [3.05, 3.63) is 36.1 Å². The van der Waals surface area contributed by atoms with Crippen LogP contribution >= 0.6 is 0 Å². The summed E-state index contributed by atoms with van der Waals surface area (Å²) in [6.45, 7) is 0.747. The van der Waals surface area contributed by atoms with Crippen molar-refractivity contribution in [3.63, 3.8) is 0 Å². The smallest absolute Gasteiger partial charge is 0.258 e. The average Bonchev–Trinajstić information content (AvgIpc) is 3.24. The summed E-state index contributed by atoms with van der Waals surface area (Å²) in [7, 11) is 0. The monoisotopic (exact) mass is 328 g/mol. The van der Waals surface area contributed by atoms with Gasteiger partial charge in [0.2, 0.25) is 0 Å². The Morgan fingerprint density at radius 3 is 2.96 bits per heavy atom. The van der Waals surface area contributed by atoms with Gasteiger partial charge in [-0.15, -0.1) is 0 Å². The topological polar surface area (TPSA) is 61.3 Å². The lowest BCUT2D eigenvalue weighted by Gasteiger charge is -2.46. The van der Waals surface area contributed by atoms with Crippen LogP contribution in [0.4, 0.5) is 4.39 Å². The first-order valence-electron chi connectivity index (χ1n) is 8.38. The number of nitrogens with zero attached hydrogens (tertiary/aromatic N) is 2. The highest BCUT2D eigenvalue weighted by Gasteiger charge is 2.44. The van der Waals surface area contributed by atoms with E-state index in [0.717, 1.165) is 38.1 Å². The molecule has 0 unspecified atom stereocenters. The second kappa shape index (κ2) is 5.14. The van der Waals surface area contributed by atoms with Gasteiger partial charge in [-0.1, -0.05) is 5.16 Å². The van der Waals surface area contributed by atoms with Crippen LogP contribution in [0.3, 0.4) is 0 Å². The van der Waals surface area contributed by atoms with Crippen LogP contribution in [0.15, 0.2) is 33.4 Å². The zero-order valence-corrected chi connectivity index (χ0v) is 13.1. The summed E-state index contributed by atoms with van der Waals surface area (Å²) in [5.74, 6) is 0.998. The van der Waals surface area contributed by atoms with Crippen molar-refractivity contribution in [3.8, 4) is 11.5 Å². The van der Waals surface area contributed by atoms with Crippen LogP contribution in [0.1, 0.15) is 43.8 Å². The van der Waals surface area contributed by atoms with E-state index in [9.17, 15) is 4.39 Å². The Labute approximate surface area is 137 Å². The molecule has 5 rings (SSSR count). The molecule has 0 amide bonds. The van der Waals surface area contributed by atoms with E-state index >= 15 is 0 Å². The van der Waals surface area contributed by atoms with Crippen molar-refractivity contribution in [1.82, 2.24) is 10.1 Å². The Bertz CT molecular complexity index is 897. The molecule has 24 heavy (non-hydrogen) atoms. The van der Waals surface area contributed by atoms with E-state index < -0.39 is 5.82 Å². The second-order valence-electron chi connectivity index (χ2n) is 6.79. The lowest BCUT2D eigenvalue weighted by molar-refractivity contribution is -0.134. The van der Waals surface area contributed by atoms with Crippen LogP contribution in [0.5, 0.6) is 0 Å². The summed E-state index contributed by atoms with van der Waals surface area (Å²) >= 11 is 0. The SMILES string of the molecule is Fc1ccc(-c2nc([C@H]3CCOC4(CCC4)C3)no2)c2ccoc12. The molecule has 2 aromatic heterocycles. The maximum absolute atomic E-state index is 13.8. The zero-order chi connectivity index (χ0) is 16.1. The van der Waals surface area contributed by atoms with Crippen LogP contribution in [-0.4, -0.2) is 22.3 Å². The molecule has 0 N–H and O–H groups in total. The van der Waals surface area contributed by atoms with Crippen LogP contribution in [0.25, 0.3) is 22.4 Å². The third kappa shape index (κ3) is 2.09. The molecule has 1 aromatic carbocycles. The van der Waals surface area contributed by atoms with Crippen molar-refractivity contribution in [2.75, 3.05) is 6.61 Å².